The summed E-state index contributed by atoms with van der Waals surface area (Å²) in [5, 5.41) is 0.502. The van der Waals surface area contributed by atoms with Crippen molar-refractivity contribution in [1.29, 1.82) is 0 Å². The summed E-state index contributed by atoms with van der Waals surface area (Å²) in [6.45, 7) is 4.25. The summed E-state index contributed by atoms with van der Waals surface area (Å²) in [7, 11) is 2.12. The van der Waals surface area contributed by atoms with Gasteiger partial charge in [0.25, 0.3) is 5.56 Å². The minimum absolute atomic E-state index is 0.00328. The number of aromatic nitrogens is 2. The average Bonchev–Trinajstić information content (AvgIpc) is 2.72. The number of halogens is 1. The van der Waals surface area contributed by atoms with Gasteiger partial charge in [0.15, 0.2) is 0 Å². The molecule has 0 atom stereocenters. The molecule has 0 amide bonds. The lowest BCUT2D eigenvalue weighted by Gasteiger charge is -2.28. The molecule has 0 aliphatic carbocycles. The van der Waals surface area contributed by atoms with Gasteiger partial charge >= 0.3 is 0 Å². The first-order valence-electron chi connectivity index (χ1n) is 10.3. The molecule has 1 aromatic heterocycles. The Kier molecular flexibility index (Phi) is 6.72. The minimum Gasteiger partial charge on any atom is -0.493 e. The summed E-state index contributed by atoms with van der Waals surface area (Å²) in [5.74, 6) is 1.50. The van der Waals surface area contributed by atoms with E-state index in [9.17, 15) is 9.18 Å². The minimum atomic E-state index is -0.585. The maximum absolute atomic E-state index is 14.6. The van der Waals surface area contributed by atoms with E-state index < -0.39 is 11.4 Å². The fourth-order valence-corrected chi connectivity index (χ4v) is 4.94. The molecule has 8 heteroatoms. The van der Waals surface area contributed by atoms with E-state index >= 15 is 0 Å². The number of aromatic amines is 1. The van der Waals surface area contributed by atoms with E-state index in [-0.39, 0.29) is 5.39 Å². The molecular weight excluding hydrogens is 393 g/mol. The second-order valence-corrected chi connectivity index (χ2v) is 9.28. The summed E-state index contributed by atoms with van der Waals surface area (Å²) in [5.41, 5.74) is -0.0772. The normalized spacial score (nSPS) is 19.7. The highest BCUT2D eigenvalue weighted by molar-refractivity contribution is 7.99. The number of piperidine rings is 1. The number of ether oxygens (including phenoxy) is 2. The van der Waals surface area contributed by atoms with Gasteiger partial charge in [-0.1, -0.05) is 0 Å². The van der Waals surface area contributed by atoms with Crippen LogP contribution >= 0.6 is 11.8 Å². The van der Waals surface area contributed by atoms with Gasteiger partial charge in [0.2, 0.25) is 0 Å². The fourth-order valence-electron chi connectivity index (χ4n) is 3.88. The molecule has 0 spiro atoms. The smallest absolute Gasteiger partial charge is 0.261 e. The molecule has 3 heterocycles. The van der Waals surface area contributed by atoms with E-state index in [1.807, 2.05) is 0 Å². The molecule has 0 radical (unpaired) electrons. The zero-order valence-corrected chi connectivity index (χ0v) is 17.6. The van der Waals surface area contributed by atoms with Crippen molar-refractivity contribution < 1.29 is 13.9 Å². The monoisotopic (exact) mass is 421 g/mol. The lowest BCUT2D eigenvalue weighted by atomic mass is 9.98. The Morgan fingerprint density at radius 1 is 1.28 bits per heavy atom. The summed E-state index contributed by atoms with van der Waals surface area (Å²) >= 11 is 1.76. The lowest BCUT2D eigenvalue weighted by Crippen LogP contribution is -2.32. The Morgan fingerprint density at radius 2 is 2.03 bits per heavy atom. The molecule has 1 N–H and O–H groups in total. The first-order valence-corrected chi connectivity index (χ1v) is 11.4. The SMILES string of the molecule is CN1CCC(COc2cc(F)c3c(=O)[nH]c(CSC4CCOCC4)nc3c2)CC1. The maximum atomic E-state index is 14.6. The van der Waals surface area contributed by atoms with Crippen LogP contribution in [-0.2, 0) is 10.5 Å². The number of hydrogen-bond donors (Lipinski definition) is 1. The third-order valence-electron chi connectivity index (χ3n) is 5.73. The van der Waals surface area contributed by atoms with Crippen molar-refractivity contribution in [2.24, 2.45) is 5.92 Å². The molecule has 2 aliphatic heterocycles. The van der Waals surface area contributed by atoms with Crippen LogP contribution in [-0.4, -0.2) is 60.1 Å². The van der Waals surface area contributed by atoms with Crippen LogP contribution in [0, 0.1) is 11.7 Å². The van der Waals surface area contributed by atoms with E-state index in [1.54, 1.807) is 17.8 Å². The Morgan fingerprint density at radius 3 is 2.79 bits per heavy atom. The van der Waals surface area contributed by atoms with Gasteiger partial charge in [-0.25, -0.2) is 9.37 Å². The second-order valence-electron chi connectivity index (χ2n) is 7.99. The first-order chi connectivity index (χ1) is 14.1. The molecule has 1 aromatic carbocycles. The van der Waals surface area contributed by atoms with Gasteiger partial charge in [-0.05, 0) is 51.7 Å². The van der Waals surface area contributed by atoms with Crippen molar-refractivity contribution in [2.45, 2.75) is 36.7 Å². The van der Waals surface area contributed by atoms with E-state index in [4.69, 9.17) is 9.47 Å². The number of nitrogens with one attached hydrogen (secondary N) is 1. The van der Waals surface area contributed by atoms with Gasteiger partial charge in [0.1, 0.15) is 22.8 Å². The first kappa shape index (κ1) is 20.6. The molecule has 2 saturated heterocycles. The number of rotatable bonds is 6. The Labute approximate surface area is 174 Å². The van der Waals surface area contributed by atoms with Crippen molar-refractivity contribution in [3.63, 3.8) is 0 Å². The molecule has 158 valence electrons. The highest BCUT2D eigenvalue weighted by Gasteiger charge is 2.19. The summed E-state index contributed by atoms with van der Waals surface area (Å²) in [6.07, 6.45) is 4.17. The fraction of sp³-hybridized carbons (Fsp3) is 0.619. The van der Waals surface area contributed by atoms with Crippen molar-refractivity contribution >= 4 is 22.7 Å². The van der Waals surface area contributed by atoms with Gasteiger partial charge in [0, 0.05) is 30.6 Å². The number of likely N-dealkylation sites (tertiary alicyclic amines) is 1. The molecule has 29 heavy (non-hydrogen) atoms. The van der Waals surface area contributed by atoms with Crippen molar-refractivity contribution in [3.05, 3.63) is 34.1 Å². The molecule has 2 aromatic rings. The summed E-state index contributed by atoms with van der Waals surface area (Å²) in [6, 6.07) is 2.98. The van der Waals surface area contributed by atoms with Gasteiger partial charge < -0.3 is 19.4 Å². The average molecular weight is 422 g/mol. The number of fused-ring (bicyclic) bond motifs is 1. The van der Waals surface area contributed by atoms with Crippen LogP contribution < -0.4 is 10.3 Å². The molecule has 4 rings (SSSR count). The Bertz CT molecular complexity index is 893. The molecule has 0 bridgehead atoms. The largest absolute Gasteiger partial charge is 0.493 e. The molecule has 0 unspecified atom stereocenters. The third-order valence-corrected chi connectivity index (χ3v) is 7.11. The molecule has 6 nitrogen and oxygen atoms in total. The number of benzene rings is 1. The van der Waals surface area contributed by atoms with Crippen LogP contribution in [0.15, 0.2) is 16.9 Å². The lowest BCUT2D eigenvalue weighted by molar-refractivity contribution is 0.1000. The molecule has 2 fully saturated rings. The van der Waals surface area contributed by atoms with Gasteiger partial charge in [0.05, 0.1) is 17.9 Å². The highest BCUT2D eigenvalue weighted by Crippen LogP contribution is 2.26. The quantitative estimate of drug-likeness (QED) is 0.773. The molecule has 2 aliphatic rings. The van der Waals surface area contributed by atoms with Crippen LogP contribution in [0.5, 0.6) is 5.75 Å². The van der Waals surface area contributed by atoms with Crippen LogP contribution in [0.25, 0.3) is 10.9 Å². The van der Waals surface area contributed by atoms with E-state index in [0.717, 1.165) is 52.0 Å². The van der Waals surface area contributed by atoms with Gasteiger partial charge in [-0.3, -0.25) is 4.79 Å². The standard InChI is InChI=1S/C21H28FN3O3S/c1-25-6-2-14(3-7-25)12-28-15-10-17(22)20-18(11-15)23-19(24-21(20)26)13-29-16-4-8-27-9-5-16/h10-11,14,16H,2-9,12-13H2,1H3,(H,23,24,26). The summed E-state index contributed by atoms with van der Waals surface area (Å²) < 4.78 is 25.8. The number of nitrogens with zero attached hydrogens (tertiary/aromatic N) is 2. The van der Waals surface area contributed by atoms with Gasteiger partial charge in [-0.2, -0.15) is 11.8 Å². The predicted molar refractivity (Wildman–Crippen MR) is 113 cm³/mol. The van der Waals surface area contributed by atoms with Crippen LogP contribution in [0.3, 0.4) is 0 Å². The third kappa shape index (κ3) is 5.29. The Hall–Kier alpha value is -1.64. The predicted octanol–water partition coefficient (Wildman–Crippen LogP) is 3.20. The van der Waals surface area contributed by atoms with Crippen molar-refractivity contribution in [1.82, 2.24) is 14.9 Å². The van der Waals surface area contributed by atoms with Crippen LogP contribution in [0.1, 0.15) is 31.5 Å². The maximum Gasteiger partial charge on any atom is 0.261 e. The van der Waals surface area contributed by atoms with Crippen LogP contribution in [0.2, 0.25) is 0 Å². The zero-order chi connectivity index (χ0) is 20.2. The molecular formula is C21H28FN3O3S. The number of thioether (sulfide) groups is 1. The van der Waals surface area contributed by atoms with E-state index in [1.165, 1.54) is 6.07 Å². The van der Waals surface area contributed by atoms with E-state index in [2.05, 4.69) is 21.9 Å². The zero-order valence-electron chi connectivity index (χ0n) is 16.8. The number of hydrogen-bond acceptors (Lipinski definition) is 6. The second kappa shape index (κ2) is 9.45. The Balaban J connectivity index is 1.46. The van der Waals surface area contributed by atoms with Crippen molar-refractivity contribution in [3.8, 4) is 5.75 Å². The highest BCUT2D eigenvalue weighted by atomic mass is 32.2. The molecule has 0 saturated carbocycles. The van der Waals surface area contributed by atoms with Gasteiger partial charge in [-0.15, -0.1) is 0 Å². The number of H-pyrrole nitrogens is 1. The van der Waals surface area contributed by atoms with Crippen molar-refractivity contribution in [2.75, 3.05) is 40.0 Å². The summed E-state index contributed by atoms with van der Waals surface area (Å²) in [4.78, 5) is 22.0. The van der Waals surface area contributed by atoms with E-state index in [0.29, 0.717) is 40.6 Å². The van der Waals surface area contributed by atoms with Crippen LogP contribution in [0.4, 0.5) is 4.39 Å². The topological polar surface area (TPSA) is 67.5 Å².